The van der Waals surface area contributed by atoms with Gasteiger partial charge in [0.15, 0.2) is 0 Å². The van der Waals surface area contributed by atoms with Crippen molar-refractivity contribution < 1.29 is 5.11 Å². The number of aryl methyl sites for hydroxylation is 1. The van der Waals surface area contributed by atoms with Gasteiger partial charge < -0.3 is 10.4 Å². The molecule has 1 unspecified atom stereocenters. The van der Waals surface area contributed by atoms with Crippen molar-refractivity contribution in [3.05, 3.63) is 54.0 Å². The highest BCUT2D eigenvalue weighted by Gasteiger charge is 2.13. The standard InChI is InChI=1S/C14H15N5O/c1-10-7-13(19-14(17-10)15-9-16-19)18-12(8-20)11-5-3-2-4-6-11/h2-7,9,12,18,20H,8H2,1H3. The van der Waals surface area contributed by atoms with Crippen LogP contribution in [0.3, 0.4) is 0 Å². The zero-order valence-electron chi connectivity index (χ0n) is 11.1. The van der Waals surface area contributed by atoms with Crippen molar-refractivity contribution in [1.82, 2.24) is 19.6 Å². The third kappa shape index (κ3) is 2.33. The van der Waals surface area contributed by atoms with Crippen LogP contribution in [0.5, 0.6) is 0 Å². The Labute approximate surface area is 116 Å². The molecule has 6 nitrogen and oxygen atoms in total. The quantitative estimate of drug-likeness (QED) is 0.752. The van der Waals surface area contributed by atoms with Crippen LogP contribution in [0.25, 0.3) is 5.78 Å². The Bertz CT molecular complexity index is 710. The van der Waals surface area contributed by atoms with Crippen LogP contribution in [0.1, 0.15) is 17.3 Å². The Kier molecular flexibility index (Phi) is 3.30. The molecule has 0 saturated carbocycles. The lowest BCUT2D eigenvalue weighted by molar-refractivity contribution is 0.276. The van der Waals surface area contributed by atoms with Gasteiger partial charge in [-0.05, 0) is 12.5 Å². The Morgan fingerprint density at radius 1 is 1.30 bits per heavy atom. The van der Waals surface area contributed by atoms with Crippen molar-refractivity contribution in [1.29, 1.82) is 0 Å². The molecule has 0 aliphatic carbocycles. The summed E-state index contributed by atoms with van der Waals surface area (Å²) in [5.74, 6) is 1.30. The van der Waals surface area contributed by atoms with Gasteiger partial charge in [-0.15, -0.1) is 0 Å². The minimum absolute atomic E-state index is 0.0123. The largest absolute Gasteiger partial charge is 0.394 e. The van der Waals surface area contributed by atoms with Crippen LogP contribution in [-0.4, -0.2) is 31.3 Å². The number of hydrogen-bond donors (Lipinski definition) is 2. The third-order valence-corrected chi connectivity index (χ3v) is 3.09. The summed E-state index contributed by atoms with van der Waals surface area (Å²) >= 11 is 0. The van der Waals surface area contributed by atoms with Gasteiger partial charge in [0.1, 0.15) is 12.1 Å². The summed E-state index contributed by atoms with van der Waals surface area (Å²) in [5.41, 5.74) is 1.86. The number of benzene rings is 1. The number of hydrogen-bond acceptors (Lipinski definition) is 5. The van der Waals surface area contributed by atoms with Crippen molar-refractivity contribution in [3.63, 3.8) is 0 Å². The van der Waals surface area contributed by atoms with Crippen LogP contribution in [0.4, 0.5) is 5.82 Å². The maximum Gasteiger partial charge on any atom is 0.254 e. The molecule has 6 heteroatoms. The molecule has 1 aromatic carbocycles. The van der Waals surface area contributed by atoms with Crippen LogP contribution in [-0.2, 0) is 0 Å². The van der Waals surface area contributed by atoms with E-state index >= 15 is 0 Å². The van der Waals surface area contributed by atoms with E-state index in [1.54, 1.807) is 4.52 Å². The molecule has 0 spiro atoms. The fraction of sp³-hybridized carbons (Fsp3) is 0.214. The minimum atomic E-state index is -0.203. The van der Waals surface area contributed by atoms with Crippen LogP contribution in [0.15, 0.2) is 42.7 Å². The van der Waals surface area contributed by atoms with E-state index in [9.17, 15) is 5.11 Å². The molecule has 1 atom stereocenters. The molecular weight excluding hydrogens is 254 g/mol. The molecule has 2 aromatic heterocycles. The first kappa shape index (κ1) is 12.6. The lowest BCUT2D eigenvalue weighted by Crippen LogP contribution is -2.17. The van der Waals surface area contributed by atoms with E-state index in [1.807, 2.05) is 43.3 Å². The van der Waals surface area contributed by atoms with Crippen LogP contribution >= 0.6 is 0 Å². The summed E-state index contributed by atoms with van der Waals surface area (Å²) in [5, 5.41) is 17.0. The SMILES string of the molecule is Cc1cc(NC(CO)c2ccccc2)n2ncnc2n1. The van der Waals surface area contributed by atoms with Gasteiger partial charge >= 0.3 is 0 Å². The molecule has 0 radical (unpaired) electrons. The van der Waals surface area contributed by atoms with Crippen molar-refractivity contribution >= 4 is 11.6 Å². The highest BCUT2D eigenvalue weighted by Crippen LogP contribution is 2.19. The van der Waals surface area contributed by atoms with Gasteiger partial charge in [0, 0.05) is 11.8 Å². The Hall–Kier alpha value is -2.47. The highest BCUT2D eigenvalue weighted by molar-refractivity contribution is 5.46. The maximum absolute atomic E-state index is 9.61. The number of rotatable bonds is 4. The van der Waals surface area contributed by atoms with Gasteiger partial charge in [0.25, 0.3) is 5.78 Å². The van der Waals surface area contributed by atoms with Crippen LogP contribution in [0.2, 0.25) is 0 Å². The lowest BCUT2D eigenvalue weighted by atomic mass is 10.1. The van der Waals surface area contributed by atoms with Gasteiger partial charge in [-0.2, -0.15) is 14.6 Å². The molecule has 0 aliphatic heterocycles. The van der Waals surface area contributed by atoms with Gasteiger partial charge in [0.2, 0.25) is 0 Å². The Balaban J connectivity index is 1.97. The normalized spacial score (nSPS) is 12.5. The summed E-state index contributed by atoms with van der Waals surface area (Å²) in [7, 11) is 0. The lowest BCUT2D eigenvalue weighted by Gasteiger charge is -2.18. The van der Waals surface area contributed by atoms with E-state index < -0.39 is 0 Å². The van der Waals surface area contributed by atoms with E-state index in [0.29, 0.717) is 5.78 Å². The smallest absolute Gasteiger partial charge is 0.254 e. The number of anilines is 1. The topological polar surface area (TPSA) is 75.3 Å². The molecule has 2 heterocycles. The summed E-state index contributed by atoms with van der Waals surface area (Å²) in [6, 6.07) is 11.5. The second-order valence-electron chi connectivity index (χ2n) is 4.54. The summed E-state index contributed by atoms with van der Waals surface area (Å²) in [6.07, 6.45) is 1.46. The third-order valence-electron chi connectivity index (χ3n) is 3.09. The molecule has 0 amide bonds. The highest BCUT2D eigenvalue weighted by atomic mass is 16.3. The van der Waals surface area contributed by atoms with E-state index in [4.69, 9.17) is 0 Å². The van der Waals surface area contributed by atoms with Gasteiger partial charge in [-0.1, -0.05) is 30.3 Å². The number of fused-ring (bicyclic) bond motifs is 1. The Morgan fingerprint density at radius 3 is 2.85 bits per heavy atom. The monoisotopic (exact) mass is 269 g/mol. The molecule has 0 fully saturated rings. The molecule has 102 valence electrons. The van der Waals surface area contributed by atoms with Crippen molar-refractivity contribution in [2.75, 3.05) is 11.9 Å². The van der Waals surface area contributed by atoms with Crippen LogP contribution in [0, 0.1) is 6.92 Å². The minimum Gasteiger partial charge on any atom is -0.394 e. The van der Waals surface area contributed by atoms with Gasteiger partial charge in [-0.3, -0.25) is 0 Å². The second kappa shape index (κ2) is 5.26. The predicted octanol–water partition coefficient (Wildman–Crippen LogP) is 1.58. The van der Waals surface area contributed by atoms with E-state index in [2.05, 4.69) is 20.4 Å². The molecular formula is C14H15N5O. The van der Waals surface area contributed by atoms with Crippen molar-refractivity contribution in [2.45, 2.75) is 13.0 Å². The number of aliphatic hydroxyl groups excluding tert-OH is 1. The number of aromatic nitrogens is 4. The maximum atomic E-state index is 9.61. The van der Waals surface area contributed by atoms with Gasteiger partial charge in [-0.25, -0.2) is 4.98 Å². The first-order valence-corrected chi connectivity index (χ1v) is 6.37. The van der Waals surface area contributed by atoms with E-state index in [0.717, 1.165) is 17.1 Å². The molecule has 0 saturated heterocycles. The van der Waals surface area contributed by atoms with E-state index in [-0.39, 0.29) is 12.6 Å². The van der Waals surface area contributed by atoms with Gasteiger partial charge in [0.05, 0.1) is 12.6 Å². The number of nitrogens with one attached hydrogen (secondary N) is 1. The fourth-order valence-corrected chi connectivity index (χ4v) is 2.13. The Morgan fingerprint density at radius 2 is 2.10 bits per heavy atom. The average Bonchev–Trinajstić information content (AvgIpc) is 2.93. The fourth-order valence-electron chi connectivity index (χ4n) is 2.13. The van der Waals surface area contributed by atoms with E-state index in [1.165, 1.54) is 6.33 Å². The summed E-state index contributed by atoms with van der Waals surface area (Å²) in [4.78, 5) is 8.37. The number of aliphatic hydroxyl groups is 1. The van der Waals surface area contributed by atoms with Crippen LogP contribution < -0.4 is 5.32 Å². The first-order chi connectivity index (χ1) is 9.78. The summed E-state index contributed by atoms with van der Waals surface area (Å²) < 4.78 is 1.62. The zero-order valence-corrected chi connectivity index (χ0v) is 11.1. The average molecular weight is 269 g/mol. The summed E-state index contributed by atoms with van der Waals surface area (Å²) in [6.45, 7) is 1.89. The first-order valence-electron chi connectivity index (χ1n) is 6.37. The molecule has 3 rings (SSSR count). The molecule has 0 bridgehead atoms. The molecule has 2 N–H and O–H groups in total. The second-order valence-corrected chi connectivity index (χ2v) is 4.54. The molecule has 0 aliphatic rings. The van der Waals surface area contributed by atoms with Crippen molar-refractivity contribution in [3.8, 4) is 0 Å². The molecule has 3 aromatic rings. The van der Waals surface area contributed by atoms with Crippen molar-refractivity contribution in [2.24, 2.45) is 0 Å². The zero-order chi connectivity index (χ0) is 13.9. The predicted molar refractivity (Wildman–Crippen MR) is 75.4 cm³/mol. The molecule has 20 heavy (non-hydrogen) atoms. The number of nitrogens with zero attached hydrogens (tertiary/aromatic N) is 4.